The van der Waals surface area contributed by atoms with Gasteiger partial charge in [-0.2, -0.15) is 5.10 Å². The number of amides is 2. The number of benzene rings is 2. The summed E-state index contributed by atoms with van der Waals surface area (Å²) in [5.41, 5.74) is 5.03. The van der Waals surface area contributed by atoms with E-state index in [1.165, 1.54) is 49.4 Å². The van der Waals surface area contributed by atoms with E-state index >= 15 is 0 Å². The number of carbonyl (C=O) groups excluding carboxylic acids is 2. The van der Waals surface area contributed by atoms with Crippen molar-refractivity contribution in [2.24, 2.45) is 5.10 Å². The second-order valence-electron chi connectivity index (χ2n) is 7.24. The van der Waals surface area contributed by atoms with Gasteiger partial charge >= 0.3 is 0 Å². The van der Waals surface area contributed by atoms with Crippen LogP contribution in [0.5, 0.6) is 11.5 Å². The number of halogens is 1. The van der Waals surface area contributed by atoms with Crippen LogP contribution >= 0.6 is 11.8 Å². The average Bonchev–Trinajstić information content (AvgIpc) is 2.82. The molecule has 2 amide bonds. The molecule has 11 heteroatoms. The molecule has 0 bridgehead atoms. The molecular weight excluding hydrogens is 473 g/mol. The minimum atomic E-state index is -0.440. The van der Waals surface area contributed by atoms with Gasteiger partial charge in [-0.15, -0.1) is 0 Å². The number of anilines is 1. The molecule has 0 radical (unpaired) electrons. The molecule has 0 unspecified atom stereocenters. The maximum absolute atomic E-state index is 13.0. The number of methoxy groups -OCH3 is 1. The second-order valence-corrected chi connectivity index (χ2v) is 8.18. The summed E-state index contributed by atoms with van der Waals surface area (Å²) in [5, 5.41) is 7.11. The first kappa shape index (κ1) is 25.6. The normalized spacial score (nSPS) is 10.7. The molecule has 0 aliphatic rings. The summed E-state index contributed by atoms with van der Waals surface area (Å²) in [6, 6.07) is 12.3. The van der Waals surface area contributed by atoms with Crippen LogP contribution in [0.4, 0.5) is 10.1 Å². The van der Waals surface area contributed by atoms with Gasteiger partial charge in [-0.05, 0) is 56.3 Å². The van der Waals surface area contributed by atoms with E-state index < -0.39 is 11.7 Å². The Morgan fingerprint density at radius 1 is 1.09 bits per heavy atom. The van der Waals surface area contributed by atoms with Crippen molar-refractivity contribution in [3.63, 3.8) is 0 Å². The van der Waals surface area contributed by atoms with Crippen molar-refractivity contribution in [2.75, 3.05) is 24.8 Å². The molecule has 1 heterocycles. The van der Waals surface area contributed by atoms with E-state index in [2.05, 4.69) is 25.8 Å². The van der Waals surface area contributed by atoms with Crippen molar-refractivity contribution in [3.8, 4) is 11.5 Å². The molecule has 182 valence electrons. The first-order valence-electron chi connectivity index (χ1n) is 10.5. The number of thioether (sulfide) groups is 1. The van der Waals surface area contributed by atoms with Gasteiger partial charge in [0.15, 0.2) is 23.3 Å². The fourth-order valence-corrected chi connectivity index (χ4v) is 3.65. The average molecular weight is 498 g/mol. The number of aromatic nitrogens is 2. The SMILES string of the molecule is COc1cccc(/C=N\NC(=O)CSc2nc(C)cc(C)n2)c1OCC(=O)Nc1ccc(F)cc1. The highest BCUT2D eigenvalue weighted by atomic mass is 32.2. The standard InChI is InChI=1S/C24H24FN5O4S/c1-15-11-16(2)28-24(27-15)35-14-22(32)30-26-12-17-5-4-6-20(33-3)23(17)34-13-21(31)29-19-9-7-18(25)8-10-19/h4-12H,13-14H2,1-3H3,(H,29,31)(H,30,32)/b26-12-. The Balaban J connectivity index is 1.58. The Kier molecular flexibility index (Phi) is 9.13. The van der Waals surface area contributed by atoms with E-state index in [4.69, 9.17) is 9.47 Å². The van der Waals surface area contributed by atoms with Crippen molar-refractivity contribution >= 4 is 35.5 Å². The minimum absolute atomic E-state index is 0.0885. The van der Waals surface area contributed by atoms with Gasteiger partial charge in [0, 0.05) is 22.6 Å². The smallest absolute Gasteiger partial charge is 0.262 e. The van der Waals surface area contributed by atoms with Crippen molar-refractivity contribution in [2.45, 2.75) is 19.0 Å². The van der Waals surface area contributed by atoms with Crippen LogP contribution in [0.3, 0.4) is 0 Å². The lowest BCUT2D eigenvalue weighted by Gasteiger charge is -2.13. The topological polar surface area (TPSA) is 115 Å². The minimum Gasteiger partial charge on any atom is -0.493 e. The van der Waals surface area contributed by atoms with Gasteiger partial charge in [0.2, 0.25) is 0 Å². The highest BCUT2D eigenvalue weighted by Gasteiger charge is 2.12. The Bertz CT molecular complexity index is 1200. The molecule has 3 aromatic rings. The molecule has 0 fully saturated rings. The summed E-state index contributed by atoms with van der Waals surface area (Å²) in [5.74, 6) is -0.424. The van der Waals surface area contributed by atoms with Crippen LogP contribution in [0.2, 0.25) is 0 Å². The van der Waals surface area contributed by atoms with Gasteiger partial charge < -0.3 is 14.8 Å². The largest absolute Gasteiger partial charge is 0.493 e. The van der Waals surface area contributed by atoms with E-state index in [0.29, 0.717) is 22.2 Å². The highest BCUT2D eigenvalue weighted by molar-refractivity contribution is 7.99. The van der Waals surface area contributed by atoms with E-state index in [9.17, 15) is 14.0 Å². The molecule has 0 saturated carbocycles. The molecule has 0 aliphatic carbocycles. The van der Waals surface area contributed by atoms with E-state index in [1.807, 2.05) is 19.9 Å². The number of para-hydroxylation sites is 1. The number of nitrogens with zero attached hydrogens (tertiary/aromatic N) is 3. The quantitative estimate of drug-likeness (QED) is 0.191. The molecule has 0 saturated heterocycles. The molecular formula is C24H24FN5O4S. The van der Waals surface area contributed by atoms with Crippen molar-refractivity contribution in [1.29, 1.82) is 0 Å². The number of hydrogen-bond acceptors (Lipinski definition) is 8. The number of carbonyl (C=O) groups is 2. The van der Waals surface area contributed by atoms with Crippen molar-refractivity contribution < 1.29 is 23.5 Å². The van der Waals surface area contributed by atoms with Crippen molar-refractivity contribution in [3.05, 3.63) is 71.3 Å². The Morgan fingerprint density at radius 2 is 1.80 bits per heavy atom. The van der Waals surface area contributed by atoms with E-state index in [-0.39, 0.29) is 24.0 Å². The fraction of sp³-hybridized carbons (Fsp3) is 0.208. The Labute approximate surface area is 206 Å². The number of rotatable bonds is 10. The van der Waals surface area contributed by atoms with Gasteiger partial charge in [0.05, 0.1) is 19.1 Å². The number of hydrogen-bond donors (Lipinski definition) is 2. The zero-order valence-electron chi connectivity index (χ0n) is 19.4. The third-order valence-electron chi connectivity index (χ3n) is 4.39. The molecule has 35 heavy (non-hydrogen) atoms. The predicted molar refractivity (Wildman–Crippen MR) is 131 cm³/mol. The monoisotopic (exact) mass is 497 g/mol. The molecule has 0 atom stereocenters. The van der Waals surface area contributed by atoms with Gasteiger partial charge in [0.25, 0.3) is 11.8 Å². The van der Waals surface area contributed by atoms with Gasteiger partial charge in [0.1, 0.15) is 5.82 Å². The maximum Gasteiger partial charge on any atom is 0.262 e. The van der Waals surface area contributed by atoms with Gasteiger partial charge in [-0.3, -0.25) is 9.59 Å². The van der Waals surface area contributed by atoms with Crippen LogP contribution in [0.15, 0.2) is 58.8 Å². The predicted octanol–water partition coefficient (Wildman–Crippen LogP) is 3.50. The zero-order valence-corrected chi connectivity index (χ0v) is 20.2. The van der Waals surface area contributed by atoms with Crippen LogP contribution in [0, 0.1) is 19.7 Å². The lowest BCUT2D eigenvalue weighted by Crippen LogP contribution is -2.21. The highest BCUT2D eigenvalue weighted by Crippen LogP contribution is 2.30. The summed E-state index contributed by atoms with van der Waals surface area (Å²) >= 11 is 1.21. The fourth-order valence-electron chi connectivity index (χ4n) is 2.91. The first-order valence-corrected chi connectivity index (χ1v) is 11.4. The number of aryl methyl sites for hydroxylation is 2. The van der Waals surface area contributed by atoms with Crippen LogP contribution in [-0.4, -0.2) is 47.5 Å². The van der Waals surface area contributed by atoms with Crippen LogP contribution in [-0.2, 0) is 9.59 Å². The van der Waals surface area contributed by atoms with Crippen LogP contribution in [0.1, 0.15) is 17.0 Å². The second kappa shape index (κ2) is 12.5. The van der Waals surface area contributed by atoms with Gasteiger partial charge in [-0.25, -0.2) is 19.8 Å². The summed E-state index contributed by atoms with van der Waals surface area (Å²) in [6.45, 7) is 3.41. The number of ether oxygens (including phenoxy) is 2. The summed E-state index contributed by atoms with van der Waals surface area (Å²) in [6.07, 6.45) is 1.39. The van der Waals surface area contributed by atoms with E-state index in [1.54, 1.807) is 18.2 Å². The molecule has 9 nitrogen and oxygen atoms in total. The molecule has 2 aromatic carbocycles. The van der Waals surface area contributed by atoms with Crippen LogP contribution < -0.4 is 20.2 Å². The Hall–Kier alpha value is -3.99. The lowest BCUT2D eigenvalue weighted by molar-refractivity contribution is -0.119. The maximum atomic E-state index is 13.0. The molecule has 1 aromatic heterocycles. The molecule has 2 N–H and O–H groups in total. The third kappa shape index (κ3) is 8.07. The van der Waals surface area contributed by atoms with Crippen LogP contribution in [0.25, 0.3) is 0 Å². The summed E-state index contributed by atoms with van der Waals surface area (Å²) < 4.78 is 24.0. The number of hydrazone groups is 1. The molecule has 3 rings (SSSR count). The van der Waals surface area contributed by atoms with E-state index in [0.717, 1.165) is 11.4 Å². The van der Waals surface area contributed by atoms with Crippen molar-refractivity contribution in [1.82, 2.24) is 15.4 Å². The first-order chi connectivity index (χ1) is 16.8. The Morgan fingerprint density at radius 3 is 2.49 bits per heavy atom. The summed E-state index contributed by atoms with van der Waals surface area (Å²) in [7, 11) is 1.47. The lowest BCUT2D eigenvalue weighted by atomic mass is 10.2. The number of nitrogens with one attached hydrogen (secondary N) is 2. The molecule has 0 spiro atoms. The summed E-state index contributed by atoms with van der Waals surface area (Å²) in [4.78, 5) is 33.0. The zero-order chi connectivity index (χ0) is 25.2. The third-order valence-corrected chi connectivity index (χ3v) is 5.24. The molecule has 0 aliphatic heterocycles. The van der Waals surface area contributed by atoms with Gasteiger partial charge in [-0.1, -0.05) is 17.8 Å².